The average molecular weight is 312 g/mol. The highest BCUT2D eigenvalue weighted by Gasteiger charge is 1.97. The first-order valence-corrected chi connectivity index (χ1v) is 7.80. The van der Waals surface area contributed by atoms with Gasteiger partial charge in [-0.3, -0.25) is 0 Å². The van der Waals surface area contributed by atoms with E-state index in [1.165, 1.54) is 0 Å². The van der Waals surface area contributed by atoms with Crippen molar-refractivity contribution in [1.82, 2.24) is 5.32 Å². The molecule has 2 rings (SSSR count). The minimum absolute atomic E-state index is 0.645. The van der Waals surface area contributed by atoms with Crippen LogP contribution in [0.25, 0.3) is 0 Å². The van der Waals surface area contributed by atoms with Crippen molar-refractivity contribution < 1.29 is 0 Å². The number of nitrogens with one attached hydrogen (secondary N) is 2. The van der Waals surface area contributed by atoms with E-state index in [-0.39, 0.29) is 0 Å². The number of unbranched alkanes of at least 4 members (excludes halogenated alkanes) is 1. The highest BCUT2D eigenvalue weighted by molar-refractivity contribution is 7.80. The van der Waals surface area contributed by atoms with Gasteiger partial charge >= 0.3 is 0 Å². The fraction of sp³-hybridized carbons (Fsp3) is 0.235. The number of rotatable bonds is 6. The number of thiocarbonyl (C=S) groups is 1. The van der Waals surface area contributed by atoms with E-state index in [1.54, 1.807) is 0 Å². The topological polar surface area (TPSA) is 48.8 Å². The minimum atomic E-state index is 0.645. The highest BCUT2D eigenvalue weighted by Crippen LogP contribution is 2.19. The van der Waals surface area contributed by atoms with Crippen LogP contribution >= 0.6 is 12.2 Å². The van der Waals surface area contributed by atoms with Crippen LogP contribution in [0.4, 0.5) is 17.1 Å². The Morgan fingerprint density at radius 3 is 2.23 bits per heavy atom. The molecule has 0 atom stereocenters. The maximum atomic E-state index is 5.23. The lowest BCUT2D eigenvalue weighted by molar-refractivity contribution is 0.758. The number of nitrogens with zero attached hydrogens (tertiary/aromatic N) is 2. The zero-order valence-electron chi connectivity index (χ0n) is 12.6. The zero-order chi connectivity index (χ0) is 15.6. The average Bonchev–Trinajstić information content (AvgIpc) is 2.55. The van der Waals surface area contributed by atoms with Crippen molar-refractivity contribution in [3.05, 3.63) is 54.6 Å². The summed E-state index contributed by atoms with van der Waals surface area (Å²) >= 11 is 5.23. The second-order valence-electron chi connectivity index (χ2n) is 4.82. The van der Waals surface area contributed by atoms with E-state index in [1.807, 2.05) is 54.6 Å². The molecule has 0 amide bonds. The predicted octanol–water partition coefficient (Wildman–Crippen LogP) is 5.19. The molecule has 0 unspecified atom stereocenters. The van der Waals surface area contributed by atoms with Crippen molar-refractivity contribution >= 4 is 34.4 Å². The number of anilines is 1. The first kappa shape index (κ1) is 16.1. The van der Waals surface area contributed by atoms with E-state index >= 15 is 0 Å². The maximum absolute atomic E-state index is 5.23. The van der Waals surface area contributed by atoms with Crippen LogP contribution in [0.1, 0.15) is 19.8 Å². The van der Waals surface area contributed by atoms with Crippen molar-refractivity contribution in [3.63, 3.8) is 0 Å². The van der Waals surface area contributed by atoms with Gasteiger partial charge < -0.3 is 10.6 Å². The van der Waals surface area contributed by atoms with E-state index < -0.39 is 0 Å². The fourth-order valence-electron chi connectivity index (χ4n) is 1.78. The monoisotopic (exact) mass is 312 g/mol. The molecule has 0 aliphatic heterocycles. The minimum Gasteiger partial charge on any atom is -0.362 e. The summed E-state index contributed by atoms with van der Waals surface area (Å²) in [6.45, 7) is 3.05. The Bertz CT molecular complexity index is 608. The summed E-state index contributed by atoms with van der Waals surface area (Å²) in [6, 6.07) is 17.4. The van der Waals surface area contributed by atoms with E-state index in [9.17, 15) is 0 Å². The first-order valence-electron chi connectivity index (χ1n) is 7.39. The third-order valence-corrected chi connectivity index (χ3v) is 3.22. The molecule has 0 aliphatic rings. The molecule has 0 radical (unpaired) electrons. The van der Waals surface area contributed by atoms with Gasteiger partial charge in [-0.25, -0.2) is 0 Å². The first-order chi connectivity index (χ1) is 10.8. The normalized spacial score (nSPS) is 10.6. The van der Waals surface area contributed by atoms with Crippen molar-refractivity contribution in [1.29, 1.82) is 0 Å². The van der Waals surface area contributed by atoms with Crippen molar-refractivity contribution in [2.45, 2.75) is 19.8 Å². The van der Waals surface area contributed by atoms with Crippen LogP contribution in [0.5, 0.6) is 0 Å². The second kappa shape index (κ2) is 8.89. The number of hydrogen-bond acceptors (Lipinski definition) is 3. The lowest BCUT2D eigenvalue weighted by Gasteiger charge is -2.09. The SMILES string of the molecule is CCCCNC(=S)Nc1ccc(N=Nc2ccccc2)cc1. The van der Waals surface area contributed by atoms with Gasteiger partial charge in [0.25, 0.3) is 0 Å². The fourth-order valence-corrected chi connectivity index (χ4v) is 2.00. The van der Waals surface area contributed by atoms with Gasteiger partial charge in [-0.05, 0) is 55.0 Å². The summed E-state index contributed by atoms with van der Waals surface area (Å²) < 4.78 is 0. The van der Waals surface area contributed by atoms with Gasteiger partial charge in [-0.2, -0.15) is 10.2 Å². The van der Waals surface area contributed by atoms with Gasteiger partial charge in [0.2, 0.25) is 0 Å². The largest absolute Gasteiger partial charge is 0.362 e. The van der Waals surface area contributed by atoms with Crippen molar-refractivity contribution in [2.75, 3.05) is 11.9 Å². The molecule has 22 heavy (non-hydrogen) atoms. The van der Waals surface area contributed by atoms with Gasteiger partial charge in [-0.15, -0.1) is 0 Å². The Morgan fingerprint density at radius 2 is 1.59 bits per heavy atom. The van der Waals surface area contributed by atoms with E-state index in [4.69, 9.17) is 12.2 Å². The molecule has 2 aromatic rings. The molecule has 114 valence electrons. The van der Waals surface area contributed by atoms with Gasteiger partial charge in [-0.1, -0.05) is 31.5 Å². The Balaban J connectivity index is 1.87. The van der Waals surface area contributed by atoms with Crippen LogP contribution in [0.3, 0.4) is 0 Å². The summed E-state index contributed by atoms with van der Waals surface area (Å²) in [5.74, 6) is 0. The molecular weight excluding hydrogens is 292 g/mol. The van der Waals surface area contributed by atoms with Crippen LogP contribution in [-0.2, 0) is 0 Å². The third kappa shape index (κ3) is 5.61. The van der Waals surface area contributed by atoms with Gasteiger partial charge in [0.05, 0.1) is 11.4 Å². The summed E-state index contributed by atoms with van der Waals surface area (Å²) in [4.78, 5) is 0. The molecule has 0 spiro atoms. The van der Waals surface area contributed by atoms with Gasteiger partial charge in [0.15, 0.2) is 5.11 Å². The highest BCUT2D eigenvalue weighted by atomic mass is 32.1. The molecule has 5 heteroatoms. The van der Waals surface area contributed by atoms with Gasteiger partial charge in [0.1, 0.15) is 0 Å². The molecule has 0 aromatic heterocycles. The summed E-state index contributed by atoms with van der Waals surface area (Å²) in [6.07, 6.45) is 2.26. The molecule has 4 nitrogen and oxygen atoms in total. The second-order valence-corrected chi connectivity index (χ2v) is 5.23. The summed E-state index contributed by atoms with van der Waals surface area (Å²) in [5, 5.41) is 15.4. The van der Waals surface area contributed by atoms with E-state index in [0.717, 1.165) is 36.4 Å². The van der Waals surface area contributed by atoms with Crippen LogP contribution in [0, 0.1) is 0 Å². The molecular formula is C17H20N4S. The van der Waals surface area contributed by atoms with Crippen LogP contribution in [0.15, 0.2) is 64.8 Å². The number of azo groups is 1. The third-order valence-electron chi connectivity index (χ3n) is 2.98. The lowest BCUT2D eigenvalue weighted by Crippen LogP contribution is -2.29. The Labute approximate surface area is 136 Å². The predicted molar refractivity (Wildman–Crippen MR) is 96.2 cm³/mol. The smallest absolute Gasteiger partial charge is 0.170 e. The molecule has 0 aliphatic carbocycles. The zero-order valence-corrected chi connectivity index (χ0v) is 13.4. The standard InChI is InChI=1S/C17H20N4S/c1-2-3-13-18-17(22)19-14-9-11-16(12-10-14)21-20-15-7-5-4-6-8-15/h4-12H,2-3,13H2,1H3,(H2,18,19,22). The molecule has 2 aromatic carbocycles. The molecule has 0 saturated carbocycles. The lowest BCUT2D eigenvalue weighted by atomic mass is 10.3. The summed E-state index contributed by atoms with van der Waals surface area (Å²) in [7, 11) is 0. The number of hydrogen-bond donors (Lipinski definition) is 2. The molecule has 0 heterocycles. The van der Waals surface area contributed by atoms with E-state index in [2.05, 4.69) is 27.8 Å². The quantitative estimate of drug-likeness (QED) is 0.438. The Morgan fingerprint density at radius 1 is 0.955 bits per heavy atom. The molecule has 2 N–H and O–H groups in total. The van der Waals surface area contributed by atoms with Crippen molar-refractivity contribution in [3.8, 4) is 0 Å². The van der Waals surface area contributed by atoms with E-state index in [0.29, 0.717) is 5.11 Å². The molecule has 0 bridgehead atoms. The van der Waals surface area contributed by atoms with Crippen LogP contribution in [0.2, 0.25) is 0 Å². The summed E-state index contributed by atoms with van der Waals surface area (Å²) in [5.41, 5.74) is 2.58. The molecule has 0 saturated heterocycles. The molecule has 0 fully saturated rings. The van der Waals surface area contributed by atoms with Gasteiger partial charge in [0, 0.05) is 12.2 Å². The van der Waals surface area contributed by atoms with Crippen molar-refractivity contribution in [2.24, 2.45) is 10.2 Å². The Kier molecular flexibility index (Phi) is 6.51. The van der Waals surface area contributed by atoms with Crippen LogP contribution < -0.4 is 10.6 Å². The maximum Gasteiger partial charge on any atom is 0.170 e. The van der Waals surface area contributed by atoms with Crippen LogP contribution in [-0.4, -0.2) is 11.7 Å². The Hall–Kier alpha value is -2.27. The number of benzene rings is 2.